The second kappa shape index (κ2) is 5.57. The molecular formula is C8H11ClN4O3. The van der Waals surface area contributed by atoms with E-state index in [1.54, 1.807) is 7.11 Å². The highest BCUT2D eigenvalue weighted by atomic mass is 35.5. The summed E-state index contributed by atoms with van der Waals surface area (Å²) in [7, 11) is 1.54. The number of aromatic nitrogens is 2. The van der Waals surface area contributed by atoms with Gasteiger partial charge >= 0.3 is 5.69 Å². The number of methoxy groups -OCH3 is 1. The third-order valence-corrected chi connectivity index (χ3v) is 1.92. The molecule has 88 valence electrons. The highest BCUT2D eigenvalue weighted by Crippen LogP contribution is 2.22. The number of hydrogen-bond donors (Lipinski definition) is 1. The third-order valence-electron chi connectivity index (χ3n) is 1.74. The molecule has 1 rings (SSSR count). The van der Waals surface area contributed by atoms with E-state index >= 15 is 0 Å². The van der Waals surface area contributed by atoms with Crippen LogP contribution in [0.15, 0.2) is 6.20 Å². The van der Waals surface area contributed by atoms with Gasteiger partial charge in [0.25, 0.3) is 0 Å². The Balaban J connectivity index is 2.92. The Morgan fingerprint density at radius 3 is 3.00 bits per heavy atom. The maximum atomic E-state index is 10.7. The Bertz CT molecular complexity index is 388. The highest BCUT2D eigenvalue weighted by molar-refractivity contribution is 6.28. The van der Waals surface area contributed by atoms with Crippen LogP contribution in [-0.4, -0.2) is 34.6 Å². The normalized spacial score (nSPS) is 12.2. The van der Waals surface area contributed by atoms with Crippen LogP contribution >= 0.6 is 11.6 Å². The number of ether oxygens (including phenoxy) is 1. The molecule has 0 aromatic carbocycles. The van der Waals surface area contributed by atoms with Gasteiger partial charge in [-0.2, -0.15) is 4.98 Å². The van der Waals surface area contributed by atoms with Gasteiger partial charge in [-0.25, -0.2) is 4.98 Å². The zero-order valence-corrected chi connectivity index (χ0v) is 9.56. The molecule has 0 aliphatic rings. The van der Waals surface area contributed by atoms with Crippen molar-refractivity contribution in [2.45, 2.75) is 13.0 Å². The molecule has 0 spiro atoms. The molecule has 1 atom stereocenters. The number of rotatable bonds is 5. The first-order chi connectivity index (χ1) is 7.54. The molecule has 0 unspecified atom stereocenters. The van der Waals surface area contributed by atoms with E-state index in [-0.39, 0.29) is 22.8 Å². The summed E-state index contributed by atoms with van der Waals surface area (Å²) in [5.41, 5.74) is -0.215. The van der Waals surface area contributed by atoms with Crippen molar-refractivity contribution in [3.63, 3.8) is 0 Å². The first kappa shape index (κ1) is 12.6. The Kier molecular flexibility index (Phi) is 4.39. The minimum absolute atomic E-state index is 0.0438. The Morgan fingerprint density at radius 1 is 1.75 bits per heavy atom. The smallest absolute Gasteiger partial charge is 0.329 e. The van der Waals surface area contributed by atoms with Crippen LogP contribution in [-0.2, 0) is 4.74 Å². The predicted molar refractivity (Wildman–Crippen MR) is 58.7 cm³/mol. The summed E-state index contributed by atoms with van der Waals surface area (Å²) in [6, 6.07) is -0.116. The summed E-state index contributed by atoms with van der Waals surface area (Å²) in [6.45, 7) is 2.21. The van der Waals surface area contributed by atoms with Crippen LogP contribution < -0.4 is 5.32 Å². The van der Waals surface area contributed by atoms with Gasteiger partial charge in [-0.1, -0.05) is 0 Å². The lowest BCUT2D eigenvalue weighted by Crippen LogP contribution is -2.22. The van der Waals surface area contributed by atoms with E-state index in [1.165, 1.54) is 0 Å². The molecule has 0 amide bonds. The van der Waals surface area contributed by atoms with Gasteiger partial charge in [0.2, 0.25) is 11.1 Å². The Labute approximate surface area is 97.0 Å². The first-order valence-electron chi connectivity index (χ1n) is 4.47. The number of halogens is 1. The summed E-state index contributed by atoms with van der Waals surface area (Å²) in [4.78, 5) is 17.4. The molecule has 1 N–H and O–H groups in total. The molecule has 1 aromatic rings. The minimum atomic E-state index is -0.571. The average molecular weight is 247 g/mol. The average Bonchev–Trinajstić information content (AvgIpc) is 2.17. The molecule has 7 nitrogen and oxygen atoms in total. The van der Waals surface area contributed by atoms with E-state index in [4.69, 9.17) is 16.3 Å². The van der Waals surface area contributed by atoms with E-state index in [0.29, 0.717) is 6.61 Å². The van der Waals surface area contributed by atoms with Crippen LogP contribution in [0.5, 0.6) is 0 Å². The van der Waals surface area contributed by atoms with Gasteiger partial charge in [-0.15, -0.1) is 0 Å². The number of nitrogens with zero attached hydrogens (tertiary/aromatic N) is 3. The van der Waals surface area contributed by atoms with Crippen molar-refractivity contribution < 1.29 is 9.66 Å². The molecule has 1 aromatic heterocycles. The zero-order chi connectivity index (χ0) is 12.1. The van der Waals surface area contributed by atoms with E-state index < -0.39 is 4.92 Å². The Morgan fingerprint density at radius 2 is 2.44 bits per heavy atom. The lowest BCUT2D eigenvalue weighted by Gasteiger charge is -2.12. The predicted octanol–water partition coefficient (Wildman–Crippen LogP) is 1.48. The second-order valence-corrected chi connectivity index (χ2v) is 3.47. The quantitative estimate of drug-likeness (QED) is 0.481. The van der Waals surface area contributed by atoms with Gasteiger partial charge in [-0.05, 0) is 18.5 Å². The van der Waals surface area contributed by atoms with Gasteiger partial charge in [0, 0.05) is 13.2 Å². The summed E-state index contributed by atoms with van der Waals surface area (Å²) in [5, 5.41) is 13.5. The van der Waals surface area contributed by atoms with Gasteiger partial charge in [-0.3, -0.25) is 10.1 Å². The van der Waals surface area contributed by atoms with Crippen molar-refractivity contribution in [1.82, 2.24) is 9.97 Å². The van der Waals surface area contributed by atoms with E-state index in [9.17, 15) is 10.1 Å². The van der Waals surface area contributed by atoms with Crippen molar-refractivity contribution >= 4 is 23.1 Å². The lowest BCUT2D eigenvalue weighted by molar-refractivity contribution is -0.384. The highest BCUT2D eigenvalue weighted by Gasteiger charge is 2.18. The van der Waals surface area contributed by atoms with E-state index in [2.05, 4.69) is 15.3 Å². The maximum Gasteiger partial charge on any atom is 0.329 e. The summed E-state index contributed by atoms with van der Waals surface area (Å²) < 4.78 is 4.90. The van der Waals surface area contributed by atoms with Crippen LogP contribution in [0.1, 0.15) is 6.92 Å². The van der Waals surface area contributed by atoms with Crippen LogP contribution in [0.3, 0.4) is 0 Å². The summed E-state index contributed by atoms with van der Waals surface area (Å²) >= 11 is 5.57. The molecule has 0 saturated carbocycles. The largest absolute Gasteiger partial charge is 0.383 e. The van der Waals surface area contributed by atoms with Crippen LogP contribution in [0.2, 0.25) is 5.28 Å². The maximum absolute atomic E-state index is 10.7. The standard InChI is InChI=1S/C8H11ClN4O3/c1-5(4-16-2)11-7-6(13(14)15)3-10-8(9)12-7/h3,5H,4H2,1-2H3,(H,10,11,12)/t5-/m1/s1. The fourth-order valence-corrected chi connectivity index (χ4v) is 1.25. The fourth-order valence-electron chi connectivity index (χ4n) is 1.12. The Hall–Kier alpha value is -1.47. The number of nitro groups is 1. The minimum Gasteiger partial charge on any atom is -0.383 e. The van der Waals surface area contributed by atoms with Gasteiger partial charge in [0.05, 0.1) is 11.5 Å². The van der Waals surface area contributed by atoms with Crippen molar-refractivity contribution in [2.75, 3.05) is 19.0 Å². The third kappa shape index (κ3) is 3.28. The molecule has 8 heteroatoms. The molecule has 0 radical (unpaired) electrons. The SMILES string of the molecule is COC[C@@H](C)Nc1nc(Cl)ncc1[N+](=O)[O-]. The topological polar surface area (TPSA) is 90.2 Å². The van der Waals surface area contributed by atoms with Crippen molar-refractivity contribution in [3.8, 4) is 0 Å². The molecule has 0 bridgehead atoms. The molecule has 0 fully saturated rings. The van der Waals surface area contributed by atoms with Crippen LogP contribution in [0.25, 0.3) is 0 Å². The number of hydrogen-bond acceptors (Lipinski definition) is 6. The molecule has 16 heavy (non-hydrogen) atoms. The van der Waals surface area contributed by atoms with Crippen LogP contribution in [0, 0.1) is 10.1 Å². The monoisotopic (exact) mass is 246 g/mol. The zero-order valence-electron chi connectivity index (χ0n) is 8.81. The molecule has 0 aliphatic carbocycles. The van der Waals surface area contributed by atoms with Crippen molar-refractivity contribution in [1.29, 1.82) is 0 Å². The molecule has 0 saturated heterocycles. The number of anilines is 1. The van der Waals surface area contributed by atoms with Crippen molar-refractivity contribution in [3.05, 3.63) is 21.6 Å². The van der Waals surface area contributed by atoms with E-state index in [0.717, 1.165) is 6.20 Å². The first-order valence-corrected chi connectivity index (χ1v) is 4.84. The molecule has 1 heterocycles. The summed E-state index contributed by atoms with van der Waals surface area (Å²) in [5.74, 6) is 0.0922. The van der Waals surface area contributed by atoms with Crippen LogP contribution in [0.4, 0.5) is 11.5 Å². The summed E-state index contributed by atoms with van der Waals surface area (Å²) in [6.07, 6.45) is 1.07. The fraction of sp³-hybridized carbons (Fsp3) is 0.500. The second-order valence-electron chi connectivity index (χ2n) is 3.13. The number of nitrogens with one attached hydrogen (secondary N) is 1. The lowest BCUT2D eigenvalue weighted by atomic mass is 10.3. The molecule has 0 aliphatic heterocycles. The van der Waals surface area contributed by atoms with Crippen molar-refractivity contribution in [2.24, 2.45) is 0 Å². The van der Waals surface area contributed by atoms with Gasteiger partial charge < -0.3 is 10.1 Å². The van der Waals surface area contributed by atoms with Gasteiger partial charge in [0.1, 0.15) is 6.20 Å². The molecular weight excluding hydrogens is 236 g/mol. The van der Waals surface area contributed by atoms with Gasteiger partial charge in [0.15, 0.2) is 0 Å². The van der Waals surface area contributed by atoms with E-state index in [1.807, 2.05) is 6.92 Å².